The molecule has 8 heteroatoms. The number of cyclic esters (lactones) is 1. The molecule has 0 bridgehead atoms. The van der Waals surface area contributed by atoms with Gasteiger partial charge in [-0.3, -0.25) is 0 Å². The average Bonchev–Trinajstić information content (AvgIpc) is 3.07. The molecule has 1 heterocycles. The highest BCUT2D eigenvalue weighted by molar-refractivity contribution is 9.10. The van der Waals surface area contributed by atoms with Crippen molar-refractivity contribution in [2.24, 2.45) is 0 Å². The molecule has 2 aromatic carbocycles. The number of carbonyl (C=O) groups is 3. The minimum atomic E-state index is -1.69. The van der Waals surface area contributed by atoms with Gasteiger partial charge >= 0.3 is 17.9 Å². The monoisotopic (exact) mass is 460 g/mol. The van der Waals surface area contributed by atoms with Crippen molar-refractivity contribution in [3.05, 3.63) is 75.3 Å². The van der Waals surface area contributed by atoms with Gasteiger partial charge in [-0.15, -0.1) is 0 Å². The Morgan fingerprint density at radius 1 is 0.862 bits per heavy atom. The standard InChI is InChI=1S/C21H17BrO7/c1-26-15-10-6-13(7-11-15)21(12-4-8-14(22)9-5-12)17(20(25)28-3)16(18(23)27-2)19(24)29-21/h4-11H,1-3H3. The Labute approximate surface area is 175 Å². The average molecular weight is 461 g/mol. The van der Waals surface area contributed by atoms with E-state index in [4.69, 9.17) is 18.9 Å². The van der Waals surface area contributed by atoms with Gasteiger partial charge in [0, 0.05) is 15.6 Å². The predicted molar refractivity (Wildman–Crippen MR) is 105 cm³/mol. The summed E-state index contributed by atoms with van der Waals surface area (Å²) in [4.78, 5) is 37.9. The molecule has 7 nitrogen and oxygen atoms in total. The Morgan fingerprint density at radius 3 is 1.86 bits per heavy atom. The lowest BCUT2D eigenvalue weighted by molar-refractivity contribution is -0.148. The fourth-order valence-corrected chi connectivity index (χ4v) is 3.50. The number of rotatable bonds is 5. The van der Waals surface area contributed by atoms with Gasteiger partial charge in [-0.25, -0.2) is 14.4 Å². The van der Waals surface area contributed by atoms with Gasteiger partial charge in [0.15, 0.2) is 11.2 Å². The molecule has 1 aliphatic rings. The fraction of sp³-hybridized carbons (Fsp3) is 0.190. The molecular weight excluding hydrogens is 444 g/mol. The molecule has 1 aliphatic heterocycles. The van der Waals surface area contributed by atoms with Crippen LogP contribution in [0, 0.1) is 0 Å². The SMILES string of the molecule is COC(=O)C1=C(C(=O)OC)C(c2ccc(Br)cc2)(c2ccc(OC)cc2)OC1=O. The van der Waals surface area contributed by atoms with Crippen molar-refractivity contribution in [2.45, 2.75) is 5.60 Å². The van der Waals surface area contributed by atoms with Crippen molar-refractivity contribution in [3.8, 4) is 5.75 Å². The van der Waals surface area contributed by atoms with Gasteiger partial charge in [0.1, 0.15) is 11.3 Å². The maximum atomic E-state index is 12.8. The molecule has 29 heavy (non-hydrogen) atoms. The Morgan fingerprint density at radius 2 is 1.38 bits per heavy atom. The van der Waals surface area contributed by atoms with E-state index in [0.29, 0.717) is 16.9 Å². The van der Waals surface area contributed by atoms with Crippen LogP contribution in [0.4, 0.5) is 0 Å². The second-order valence-electron chi connectivity index (χ2n) is 6.04. The molecule has 0 saturated carbocycles. The largest absolute Gasteiger partial charge is 0.497 e. The molecule has 0 amide bonds. The quantitative estimate of drug-likeness (QED) is 0.385. The number of ether oxygens (including phenoxy) is 4. The van der Waals surface area contributed by atoms with E-state index in [-0.39, 0.29) is 5.57 Å². The van der Waals surface area contributed by atoms with Crippen LogP contribution in [0.5, 0.6) is 5.75 Å². The van der Waals surface area contributed by atoms with Crippen LogP contribution in [0.25, 0.3) is 0 Å². The predicted octanol–water partition coefficient (Wildman–Crippen LogP) is 2.90. The highest BCUT2D eigenvalue weighted by atomic mass is 79.9. The zero-order valence-electron chi connectivity index (χ0n) is 15.9. The second-order valence-corrected chi connectivity index (χ2v) is 6.95. The zero-order valence-corrected chi connectivity index (χ0v) is 17.4. The number of hydrogen-bond donors (Lipinski definition) is 0. The van der Waals surface area contributed by atoms with E-state index in [2.05, 4.69) is 15.9 Å². The minimum absolute atomic E-state index is 0.246. The van der Waals surface area contributed by atoms with Gasteiger partial charge in [-0.05, 0) is 24.3 Å². The third-order valence-corrected chi connectivity index (χ3v) is 5.11. The molecule has 0 aromatic heterocycles. The van der Waals surface area contributed by atoms with Crippen LogP contribution >= 0.6 is 15.9 Å². The van der Waals surface area contributed by atoms with Crippen LogP contribution in [0.2, 0.25) is 0 Å². The number of benzene rings is 2. The molecule has 3 rings (SSSR count). The van der Waals surface area contributed by atoms with Crippen molar-refractivity contribution in [1.82, 2.24) is 0 Å². The van der Waals surface area contributed by atoms with Crippen molar-refractivity contribution in [1.29, 1.82) is 0 Å². The highest BCUT2D eigenvalue weighted by Crippen LogP contribution is 2.48. The van der Waals surface area contributed by atoms with Gasteiger partial charge in [-0.1, -0.05) is 40.2 Å². The summed E-state index contributed by atoms with van der Waals surface area (Å²) in [6.45, 7) is 0. The van der Waals surface area contributed by atoms with Crippen molar-refractivity contribution >= 4 is 33.8 Å². The summed E-state index contributed by atoms with van der Waals surface area (Å²) in [6, 6.07) is 13.5. The molecule has 1 atom stereocenters. The first-order chi connectivity index (χ1) is 13.9. The van der Waals surface area contributed by atoms with E-state index in [1.807, 2.05) is 0 Å². The van der Waals surface area contributed by atoms with E-state index in [9.17, 15) is 14.4 Å². The molecular formula is C21H17BrO7. The van der Waals surface area contributed by atoms with E-state index in [0.717, 1.165) is 18.7 Å². The first-order valence-corrected chi connectivity index (χ1v) is 9.23. The molecule has 1 unspecified atom stereocenters. The van der Waals surface area contributed by atoms with Crippen molar-refractivity contribution in [3.63, 3.8) is 0 Å². The maximum absolute atomic E-state index is 12.8. The van der Waals surface area contributed by atoms with Gasteiger partial charge in [0.05, 0.1) is 21.3 Å². The lowest BCUT2D eigenvalue weighted by Gasteiger charge is -2.31. The van der Waals surface area contributed by atoms with Gasteiger partial charge in [0.2, 0.25) is 0 Å². The van der Waals surface area contributed by atoms with Crippen LogP contribution in [0.1, 0.15) is 11.1 Å². The highest BCUT2D eigenvalue weighted by Gasteiger charge is 2.56. The first-order valence-electron chi connectivity index (χ1n) is 8.44. The molecule has 0 N–H and O–H groups in total. The summed E-state index contributed by atoms with van der Waals surface area (Å²) in [7, 11) is 3.79. The Kier molecular flexibility index (Phi) is 5.74. The van der Waals surface area contributed by atoms with Gasteiger partial charge in [0.25, 0.3) is 0 Å². The number of halogens is 1. The lowest BCUT2D eigenvalue weighted by atomic mass is 9.79. The summed E-state index contributed by atoms with van der Waals surface area (Å²) in [5, 5.41) is 0. The molecule has 0 saturated heterocycles. The van der Waals surface area contributed by atoms with Crippen LogP contribution in [0.3, 0.4) is 0 Å². The molecule has 150 valence electrons. The summed E-state index contributed by atoms with van der Waals surface area (Å²) >= 11 is 3.36. The summed E-state index contributed by atoms with van der Waals surface area (Å²) < 4.78 is 21.3. The minimum Gasteiger partial charge on any atom is -0.497 e. The van der Waals surface area contributed by atoms with Crippen LogP contribution < -0.4 is 4.74 Å². The summed E-state index contributed by atoms with van der Waals surface area (Å²) in [6.07, 6.45) is 0. The van der Waals surface area contributed by atoms with E-state index < -0.39 is 29.1 Å². The van der Waals surface area contributed by atoms with Crippen molar-refractivity contribution in [2.75, 3.05) is 21.3 Å². The number of esters is 3. The number of carbonyl (C=O) groups excluding carboxylic acids is 3. The third kappa shape index (κ3) is 3.40. The van der Waals surface area contributed by atoms with E-state index >= 15 is 0 Å². The summed E-state index contributed by atoms with van der Waals surface area (Å²) in [5.74, 6) is -2.27. The third-order valence-electron chi connectivity index (χ3n) is 4.58. The Bertz CT molecular complexity index is 993. The second kappa shape index (κ2) is 8.08. The van der Waals surface area contributed by atoms with E-state index in [1.54, 1.807) is 48.5 Å². The smallest absolute Gasteiger partial charge is 0.347 e. The summed E-state index contributed by atoms with van der Waals surface area (Å²) in [5.41, 5.74) is -1.55. The number of methoxy groups -OCH3 is 3. The first kappa shape index (κ1) is 20.6. The van der Waals surface area contributed by atoms with Crippen LogP contribution in [-0.4, -0.2) is 39.2 Å². The Balaban J connectivity index is 2.38. The normalized spacial score (nSPS) is 18.3. The van der Waals surface area contributed by atoms with Gasteiger partial charge < -0.3 is 18.9 Å². The van der Waals surface area contributed by atoms with Crippen LogP contribution in [-0.2, 0) is 34.2 Å². The maximum Gasteiger partial charge on any atom is 0.347 e. The van der Waals surface area contributed by atoms with Crippen LogP contribution in [0.15, 0.2) is 64.1 Å². The van der Waals surface area contributed by atoms with Gasteiger partial charge in [-0.2, -0.15) is 0 Å². The topological polar surface area (TPSA) is 88.1 Å². The molecule has 0 radical (unpaired) electrons. The molecule has 0 spiro atoms. The zero-order chi connectivity index (χ0) is 21.2. The molecule has 0 fully saturated rings. The fourth-order valence-electron chi connectivity index (χ4n) is 3.24. The van der Waals surface area contributed by atoms with E-state index in [1.165, 1.54) is 7.11 Å². The molecule has 2 aromatic rings. The molecule has 0 aliphatic carbocycles. The Hall–Kier alpha value is -3.13. The lowest BCUT2D eigenvalue weighted by Crippen LogP contribution is -2.34. The van der Waals surface area contributed by atoms with Crippen molar-refractivity contribution < 1.29 is 33.3 Å². The number of hydrogen-bond acceptors (Lipinski definition) is 7.